The van der Waals surface area contributed by atoms with Crippen LogP contribution >= 0.6 is 0 Å². The van der Waals surface area contributed by atoms with E-state index in [2.05, 4.69) is 41.4 Å². The first kappa shape index (κ1) is 15.5. The average Bonchev–Trinajstić information content (AvgIpc) is 2.48. The maximum atomic E-state index is 13.2. The number of nitrogens with zero attached hydrogens (tertiary/aromatic N) is 1. The standard InChI is InChI=1S/C18H23FN2/c1-14(12-20-2)16-9-7-15(8-10-16)13-21(3)18-6-4-5-17(19)11-18/h4-11,14,20H,12-13H2,1-3H3. The van der Waals surface area contributed by atoms with Gasteiger partial charge in [0.15, 0.2) is 0 Å². The summed E-state index contributed by atoms with van der Waals surface area (Å²) in [6.07, 6.45) is 0. The minimum Gasteiger partial charge on any atom is -0.370 e. The molecular weight excluding hydrogens is 263 g/mol. The Morgan fingerprint density at radius 1 is 1.14 bits per heavy atom. The highest BCUT2D eigenvalue weighted by molar-refractivity contribution is 5.46. The van der Waals surface area contributed by atoms with E-state index >= 15 is 0 Å². The molecule has 0 heterocycles. The second-order valence-electron chi connectivity index (χ2n) is 5.54. The van der Waals surface area contributed by atoms with E-state index in [0.717, 1.165) is 18.8 Å². The van der Waals surface area contributed by atoms with Gasteiger partial charge in [-0.3, -0.25) is 0 Å². The summed E-state index contributed by atoms with van der Waals surface area (Å²) in [5.74, 6) is 0.306. The largest absolute Gasteiger partial charge is 0.370 e. The van der Waals surface area contributed by atoms with Crippen molar-refractivity contribution in [2.45, 2.75) is 19.4 Å². The summed E-state index contributed by atoms with van der Waals surface area (Å²) >= 11 is 0. The third-order valence-electron chi connectivity index (χ3n) is 3.73. The molecule has 0 aliphatic carbocycles. The Labute approximate surface area is 126 Å². The van der Waals surface area contributed by atoms with E-state index in [1.54, 1.807) is 12.1 Å². The molecule has 2 rings (SSSR count). The van der Waals surface area contributed by atoms with Gasteiger partial charge in [-0.1, -0.05) is 37.3 Å². The lowest BCUT2D eigenvalue weighted by Crippen LogP contribution is -2.17. The van der Waals surface area contributed by atoms with E-state index in [0.29, 0.717) is 5.92 Å². The third-order valence-corrected chi connectivity index (χ3v) is 3.73. The van der Waals surface area contributed by atoms with Crippen molar-refractivity contribution in [2.24, 2.45) is 0 Å². The molecular formula is C18H23FN2. The minimum atomic E-state index is -0.199. The Bertz CT molecular complexity index is 566. The maximum Gasteiger partial charge on any atom is 0.125 e. The SMILES string of the molecule is CNCC(C)c1ccc(CN(C)c2cccc(F)c2)cc1. The van der Waals surface area contributed by atoms with Crippen LogP contribution in [0.5, 0.6) is 0 Å². The number of rotatable bonds is 6. The Kier molecular flexibility index (Phi) is 5.34. The van der Waals surface area contributed by atoms with Crippen molar-refractivity contribution in [3.05, 3.63) is 65.5 Å². The number of halogens is 1. The van der Waals surface area contributed by atoms with E-state index in [1.165, 1.54) is 17.2 Å². The molecule has 1 N–H and O–H groups in total. The van der Waals surface area contributed by atoms with Gasteiger partial charge < -0.3 is 10.2 Å². The molecule has 2 nitrogen and oxygen atoms in total. The first-order valence-corrected chi connectivity index (χ1v) is 7.30. The molecule has 2 aromatic rings. The van der Waals surface area contributed by atoms with Crippen LogP contribution in [0, 0.1) is 5.82 Å². The lowest BCUT2D eigenvalue weighted by atomic mass is 10.00. The number of likely N-dealkylation sites (N-methyl/N-ethyl adjacent to an activating group) is 1. The first-order valence-electron chi connectivity index (χ1n) is 7.30. The van der Waals surface area contributed by atoms with Crippen molar-refractivity contribution in [1.82, 2.24) is 5.32 Å². The monoisotopic (exact) mass is 286 g/mol. The van der Waals surface area contributed by atoms with Crippen LogP contribution in [-0.2, 0) is 6.54 Å². The van der Waals surface area contributed by atoms with Crippen LogP contribution in [0.4, 0.5) is 10.1 Å². The normalized spacial score (nSPS) is 12.2. The van der Waals surface area contributed by atoms with Crippen LogP contribution in [0.3, 0.4) is 0 Å². The molecule has 0 amide bonds. The zero-order valence-corrected chi connectivity index (χ0v) is 12.9. The van der Waals surface area contributed by atoms with Crippen molar-refractivity contribution in [2.75, 3.05) is 25.5 Å². The van der Waals surface area contributed by atoms with Gasteiger partial charge in [0, 0.05) is 25.8 Å². The number of benzene rings is 2. The predicted octanol–water partition coefficient (Wildman–Crippen LogP) is 3.79. The molecule has 21 heavy (non-hydrogen) atoms. The summed E-state index contributed by atoms with van der Waals surface area (Å²) in [5, 5.41) is 3.20. The lowest BCUT2D eigenvalue weighted by molar-refractivity contribution is 0.627. The van der Waals surface area contributed by atoms with Crippen LogP contribution in [0.2, 0.25) is 0 Å². The quantitative estimate of drug-likeness (QED) is 0.869. The Hall–Kier alpha value is -1.87. The number of nitrogens with one attached hydrogen (secondary N) is 1. The lowest BCUT2D eigenvalue weighted by Gasteiger charge is -2.20. The van der Waals surface area contributed by atoms with Gasteiger partial charge in [-0.05, 0) is 42.3 Å². The van der Waals surface area contributed by atoms with Crippen LogP contribution < -0.4 is 10.2 Å². The minimum absolute atomic E-state index is 0.199. The highest BCUT2D eigenvalue weighted by Gasteiger charge is 2.06. The Morgan fingerprint density at radius 2 is 1.86 bits per heavy atom. The fraction of sp³-hybridized carbons (Fsp3) is 0.333. The maximum absolute atomic E-state index is 13.2. The molecule has 1 atom stereocenters. The summed E-state index contributed by atoms with van der Waals surface area (Å²) < 4.78 is 13.2. The molecule has 112 valence electrons. The molecule has 0 spiro atoms. The molecule has 2 aromatic carbocycles. The van der Waals surface area contributed by atoms with E-state index in [9.17, 15) is 4.39 Å². The van der Waals surface area contributed by atoms with Crippen molar-refractivity contribution >= 4 is 5.69 Å². The summed E-state index contributed by atoms with van der Waals surface area (Å²) in [6.45, 7) is 3.96. The molecule has 0 aromatic heterocycles. The first-order chi connectivity index (χ1) is 10.1. The van der Waals surface area contributed by atoms with Gasteiger partial charge in [-0.2, -0.15) is 0 Å². The number of hydrogen-bond donors (Lipinski definition) is 1. The van der Waals surface area contributed by atoms with Gasteiger partial charge in [0.05, 0.1) is 0 Å². The Balaban J connectivity index is 2.03. The van der Waals surface area contributed by atoms with Crippen LogP contribution in [0.15, 0.2) is 48.5 Å². The summed E-state index contributed by atoms with van der Waals surface area (Å²) in [7, 11) is 3.95. The highest BCUT2D eigenvalue weighted by Crippen LogP contribution is 2.19. The average molecular weight is 286 g/mol. The fourth-order valence-electron chi connectivity index (χ4n) is 2.45. The van der Waals surface area contributed by atoms with Gasteiger partial charge in [0.2, 0.25) is 0 Å². The van der Waals surface area contributed by atoms with Crippen LogP contribution in [0.1, 0.15) is 24.0 Å². The van der Waals surface area contributed by atoms with Gasteiger partial charge in [0.1, 0.15) is 5.82 Å². The summed E-state index contributed by atoms with van der Waals surface area (Å²) in [5.41, 5.74) is 3.45. The zero-order valence-electron chi connectivity index (χ0n) is 12.9. The van der Waals surface area contributed by atoms with Crippen molar-refractivity contribution in [3.8, 4) is 0 Å². The second-order valence-corrected chi connectivity index (χ2v) is 5.54. The van der Waals surface area contributed by atoms with E-state index in [4.69, 9.17) is 0 Å². The number of hydrogen-bond acceptors (Lipinski definition) is 2. The molecule has 0 bridgehead atoms. The molecule has 0 saturated carbocycles. The van der Waals surface area contributed by atoms with E-state index < -0.39 is 0 Å². The summed E-state index contributed by atoms with van der Waals surface area (Å²) in [4.78, 5) is 2.05. The predicted molar refractivity (Wildman–Crippen MR) is 87.3 cm³/mol. The van der Waals surface area contributed by atoms with Crippen LogP contribution in [0.25, 0.3) is 0 Å². The molecule has 0 saturated heterocycles. The molecule has 0 aliphatic heterocycles. The molecule has 0 fully saturated rings. The molecule has 3 heteroatoms. The fourth-order valence-corrected chi connectivity index (χ4v) is 2.45. The highest BCUT2D eigenvalue weighted by atomic mass is 19.1. The third kappa shape index (κ3) is 4.30. The molecule has 1 unspecified atom stereocenters. The van der Waals surface area contributed by atoms with Crippen molar-refractivity contribution in [3.63, 3.8) is 0 Å². The van der Waals surface area contributed by atoms with Gasteiger partial charge in [-0.25, -0.2) is 4.39 Å². The molecule has 0 aliphatic rings. The van der Waals surface area contributed by atoms with Crippen molar-refractivity contribution in [1.29, 1.82) is 0 Å². The van der Waals surface area contributed by atoms with Gasteiger partial charge in [0.25, 0.3) is 0 Å². The smallest absolute Gasteiger partial charge is 0.125 e. The zero-order chi connectivity index (χ0) is 15.2. The Morgan fingerprint density at radius 3 is 2.48 bits per heavy atom. The van der Waals surface area contributed by atoms with Crippen LogP contribution in [-0.4, -0.2) is 20.6 Å². The summed E-state index contributed by atoms with van der Waals surface area (Å²) in [6, 6.07) is 15.3. The number of anilines is 1. The van der Waals surface area contributed by atoms with Gasteiger partial charge in [-0.15, -0.1) is 0 Å². The van der Waals surface area contributed by atoms with Gasteiger partial charge >= 0.3 is 0 Å². The second kappa shape index (κ2) is 7.23. The molecule has 0 radical (unpaired) electrons. The van der Waals surface area contributed by atoms with Crippen molar-refractivity contribution < 1.29 is 4.39 Å². The topological polar surface area (TPSA) is 15.3 Å². The van der Waals surface area contributed by atoms with E-state index in [-0.39, 0.29) is 5.82 Å². The van der Waals surface area contributed by atoms with E-state index in [1.807, 2.05) is 20.2 Å².